The predicted octanol–water partition coefficient (Wildman–Crippen LogP) is 13.9. The number of allylic oxidation sites excluding steroid dienone is 2. The molecular formula is C55H106O9. The number of rotatable bonds is 49. The van der Waals surface area contributed by atoms with Crippen LogP contribution in [0.15, 0.2) is 12.2 Å². The molecule has 6 unspecified atom stereocenters. The topological polar surface area (TPSA) is 135 Å². The number of carbonyl (C=O) groups excluding carboxylic acids is 1. The molecule has 0 amide bonds. The zero-order chi connectivity index (χ0) is 46.4. The molecular weight excluding hydrogens is 805 g/mol. The van der Waals surface area contributed by atoms with Gasteiger partial charge in [0.25, 0.3) is 0 Å². The summed E-state index contributed by atoms with van der Waals surface area (Å²) in [5.41, 5.74) is 0. The summed E-state index contributed by atoms with van der Waals surface area (Å²) >= 11 is 0. The molecule has 1 rings (SSSR count). The van der Waals surface area contributed by atoms with Gasteiger partial charge >= 0.3 is 5.97 Å². The van der Waals surface area contributed by atoms with E-state index in [0.29, 0.717) is 13.0 Å². The van der Waals surface area contributed by atoms with Crippen molar-refractivity contribution < 1.29 is 44.2 Å². The lowest BCUT2D eigenvalue weighted by Gasteiger charge is -2.39. The molecule has 0 spiro atoms. The van der Waals surface area contributed by atoms with Crippen LogP contribution in [0.5, 0.6) is 0 Å². The molecule has 1 saturated heterocycles. The second-order valence-corrected chi connectivity index (χ2v) is 19.4. The highest BCUT2D eigenvalue weighted by Gasteiger charge is 2.44. The molecule has 0 aliphatic carbocycles. The maximum absolute atomic E-state index is 12.9. The lowest BCUT2D eigenvalue weighted by molar-refractivity contribution is -0.305. The van der Waals surface area contributed by atoms with Crippen LogP contribution < -0.4 is 0 Å². The first-order valence-electron chi connectivity index (χ1n) is 27.8. The van der Waals surface area contributed by atoms with Crippen LogP contribution in [0.4, 0.5) is 0 Å². The standard InChI is InChI=1S/C55H106O9/c1-3-5-7-9-11-13-15-17-19-21-23-25-26-28-30-32-34-36-38-40-42-44-51(57)63-49(48-62-55-54(60)53(59)52(58)50(46-56)64-55)47-61-45-43-41-39-37-35-33-31-29-27-24-22-20-18-16-14-12-10-8-6-4-2/h21,23,49-50,52-56,58-60H,3-20,22,24-48H2,1-2H3/b23-21-. The van der Waals surface area contributed by atoms with Crippen LogP contribution in [0.1, 0.15) is 271 Å². The van der Waals surface area contributed by atoms with Crippen molar-refractivity contribution in [2.24, 2.45) is 0 Å². The van der Waals surface area contributed by atoms with E-state index in [1.165, 1.54) is 218 Å². The van der Waals surface area contributed by atoms with Gasteiger partial charge in [-0.3, -0.25) is 4.79 Å². The van der Waals surface area contributed by atoms with Crippen LogP contribution in [0.2, 0.25) is 0 Å². The molecule has 0 radical (unpaired) electrons. The molecule has 9 nitrogen and oxygen atoms in total. The van der Waals surface area contributed by atoms with Gasteiger partial charge in [-0.2, -0.15) is 0 Å². The van der Waals surface area contributed by atoms with Gasteiger partial charge in [-0.25, -0.2) is 0 Å². The molecule has 0 saturated carbocycles. The van der Waals surface area contributed by atoms with Crippen molar-refractivity contribution in [3.63, 3.8) is 0 Å². The van der Waals surface area contributed by atoms with E-state index in [9.17, 15) is 25.2 Å². The third-order valence-corrected chi connectivity index (χ3v) is 13.2. The summed E-state index contributed by atoms with van der Waals surface area (Å²) in [6.45, 7) is 4.62. The average molecular weight is 911 g/mol. The smallest absolute Gasteiger partial charge is 0.306 e. The normalized spacial score (nSPS) is 19.5. The van der Waals surface area contributed by atoms with E-state index in [1.807, 2.05) is 0 Å². The van der Waals surface area contributed by atoms with Crippen molar-refractivity contribution in [2.45, 2.75) is 307 Å². The van der Waals surface area contributed by atoms with Crippen LogP contribution >= 0.6 is 0 Å². The first-order valence-corrected chi connectivity index (χ1v) is 27.8. The van der Waals surface area contributed by atoms with Crippen LogP contribution in [-0.4, -0.2) is 89.6 Å². The van der Waals surface area contributed by atoms with Gasteiger partial charge in [0.15, 0.2) is 6.29 Å². The van der Waals surface area contributed by atoms with Gasteiger partial charge in [-0.15, -0.1) is 0 Å². The van der Waals surface area contributed by atoms with E-state index in [4.69, 9.17) is 18.9 Å². The Morgan fingerprint density at radius 1 is 0.484 bits per heavy atom. The molecule has 6 atom stereocenters. The molecule has 0 aromatic carbocycles. The summed E-state index contributed by atoms with van der Waals surface area (Å²) in [4.78, 5) is 12.9. The first-order chi connectivity index (χ1) is 31.4. The summed E-state index contributed by atoms with van der Waals surface area (Å²) in [5.74, 6) is -0.309. The third kappa shape index (κ3) is 37.0. The maximum atomic E-state index is 12.9. The minimum Gasteiger partial charge on any atom is -0.457 e. The Morgan fingerprint density at radius 2 is 0.859 bits per heavy atom. The van der Waals surface area contributed by atoms with Crippen molar-refractivity contribution in [1.29, 1.82) is 0 Å². The monoisotopic (exact) mass is 911 g/mol. The largest absolute Gasteiger partial charge is 0.457 e. The number of ether oxygens (including phenoxy) is 4. The zero-order valence-electron chi connectivity index (χ0n) is 42.1. The Kier molecular flexibility index (Phi) is 44.8. The second-order valence-electron chi connectivity index (χ2n) is 19.4. The molecule has 1 aliphatic rings. The fourth-order valence-electron chi connectivity index (χ4n) is 8.84. The molecule has 0 bridgehead atoms. The van der Waals surface area contributed by atoms with Crippen LogP contribution in [0, 0.1) is 0 Å². The number of aliphatic hydroxyl groups is 4. The number of aliphatic hydroxyl groups excluding tert-OH is 4. The first kappa shape index (κ1) is 60.9. The number of carbonyl (C=O) groups is 1. The summed E-state index contributed by atoms with van der Waals surface area (Å²) in [6.07, 6.45) is 48.2. The van der Waals surface area contributed by atoms with E-state index in [0.717, 1.165) is 32.1 Å². The van der Waals surface area contributed by atoms with Crippen molar-refractivity contribution >= 4 is 5.97 Å². The van der Waals surface area contributed by atoms with E-state index >= 15 is 0 Å². The molecule has 0 aromatic rings. The quantitative estimate of drug-likeness (QED) is 0.0267. The summed E-state index contributed by atoms with van der Waals surface area (Å²) < 4.78 is 23.0. The predicted molar refractivity (Wildman–Crippen MR) is 266 cm³/mol. The van der Waals surface area contributed by atoms with Gasteiger partial charge in [-0.1, -0.05) is 238 Å². The zero-order valence-corrected chi connectivity index (χ0v) is 42.1. The molecule has 64 heavy (non-hydrogen) atoms. The Labute approximate surface area is 395 Å². The minimum absolute atomic E-state index is 0.108. The van der Waals surface area contributed by atoms with E-state index in [2.05, 4.69) is 26.0 Å². The fourth-order valence-corrected chi connectivity index (χ4v) is 8.84. The summed E-state index contributed by atoms with van der Waals surface area (Å²) in [5, 5.41) is 40.3. The number of hydrogen-bond acceptors (Lipinski definition) is 9. The molecule has 1 heterocycles. The number of hydrogen-bond donors (Lipinski definition) is 4. The van der Waals surface area contributed by atoms with Gasteiger partial charge in [0.2, 0.25) is 0 Å². The lowest BCUT2D eigenvalue weighted by atomic mass is 9.99. The Morgan fingerprint density at radius 3 is 1.27 bits per heavy atom. The highest BCUT2D eigenvalue weighted by atomic mass is 16.7. The summed E-state index contributed by atoms with van der Waals surface area (Å²) in [7, 11) is 0. The summed E-state index contributed by atoms with van der Waals surface area (Å²) in [6, 6.07) is 0. The van der Waals surface area contributed by atoms with Crippen LogP contribution in [0.25, 0.3) is 0 Å². The Hall–Kier alpha value is -1.07. The molecule has 0 aromatic heterocycles. The van der Waals surface area contributed by atoms with Crippen molar-refractivity contribution in [1.82, 2.24) is 0 Å². The van der Waals surface area contributed by atoms with Gasteiger partial charge in [0.05, 0.1) is 19.8 Å². The van der Waals surface area contributed by atoms with Crippen LogP contribution in [-0.2, 0) is 23.7 Å². The van der Waals surface area contributed by atoms with E-state index in [-0.39, 0.29) is 19.2 Å². The van der Waals surface area contributed by atoms with Crippen LogP contribution in [0.3, 0.4) is 0 Å². The Balaban J connectivity index is 2.16. The second kappa shape index (κ2) is 47.0. The van der Waals surface area contributed by atoms with E-state index < -0.39 is 43.4 Å². The average Bonchev–Trinajstić information content (AvgIpc) is 3.30. The third-order valence-electron chi connectivity index (χ3n) is 13.2. The van der Waals surface area contributed by atoms with Gasteiger partial charge in [0, 0.05) is 13.0 Å². The molecule has 9 heteroatoms. The molecule has 380 valence electrons. The molecule has 1 fully saturated rings. The van der Waals surface area contributed by atoms with Crippen molar-refractivity contribution in [2.75, 3.05) is 26.4 Å². The van der Waals surface area contributed by atoms with E-state index in [1.54, 1.807) is 0 Å². The fraction of sp³-hybridized carbons (Fsp3) is 0.945. The highest BCUT2D eigenvalue weighted by molar-refractivity contribution is 5.69. The minimum atomic E-state index is -1.53. The number of esters is 1. The molecule has 4 N–H and O–H groups in total. The van der Waals surface area contributed by atoms with Gasteiger partial charge in [0.1, 0.15) is 30.5 Å². The highest BCUT2D eigenvalue weighted by Crippen LogP contribution is 2.23. The Bertz CT molecular complexity index is 993. The van der Waals surface area contributed by atoms with Gasteiger partial charge < -0.3 is 39.4 Å². The maximum Gasteiger partial charge on any atom is 0.306 e. The van der Waals surface area contributed by atoms with Crippen molar-refractivity contribution in [3.8, 4) is 0 Å². The molecule has 1 aliphatic heterocycles. The SMILES string of the molecule is CCCCCCCCCC/C=C\CCCCCCCCCCCC(=O)OC(COCCCCCCCCCCCCCCCCCCCCCC)COC1OC(CO)C(O)C(O)C1O. The van der Waals surface area contributed by atoms with Crippen molar-refractivity contribution in [3.05, 3.63) is 12.2 Å². The number of unbranched alkanes of at least 4 members (excludes halogenated alkanes) is 36. The van der Waals surface area contributed by atoms with Gasteiger partial charge in [-0.05, 0) is 38.5 Å². The lowest BCUT2D eigenvalue weighted by Crippen LogP contribution is -2.59.